The van der Waals surface area contributed by atoms with Crippen LogP contribution in [0.15, 0.2) is 76.9 Å². The highest BCUT2D eigenvalue weighted by Gasteiger charge is 2.15. The molecule has 0 amide bonds. The van der Waals surface area contributed by atoms with Gasteiger partial charge >= 0.3 is 11.8 Å². The van der Waals surface area contributed by atoms with Crippen molar-refractivity contribution < 1.29 is 0 Å². The summed E-state index contributed by atoms with van der Waals surface area (Å²) in [4.78, 5) is 4.32. The maximum Gasteiger partial charge on any atom is 0.363 e. The van der Waals surface area contributed by atoms with Gasteiger partial charge < -0.3 is 17.2 Å². The van der Waals surface area contributed by atoms with Crippen LogP contribution in [-0.2, 0) is 0 Å². The van der Waals surface area contributed by atoms with E-state index in [1.807, 2.05) is 42.5 Å². The molecule has 8 nitrogen and oxygen atoms in total. The Morgan fingerprint density at radius 3 is 2.00 bits per heavy atom. The number of benzene rings is 3. The minimum Gasteiger partial charge on any atom is -0.399 e. The maximum absolute atomic E-state index is 6.15. The summed E-state index contributed by atoms with van der Waals surface area (Å²) < 4.78 is 0. The highest BCUT2D eigenvalue weighted by molar-refractivity contribution is 6.06. The molecular formula is C21H19N8+. The lowest BCUT2D eigenvalue weighted by molar-refractivity contribution is 0.883. The van der Waals surface area contributed by atoms with Gasteiger partial charge in [-0.05, 0) is 47.3 Å². The Hall–Kier alpha value is -4.51. The van der Waals surface area contributed by atoms with Crippen molar-refractivity contribution in [1.82, 2.24) is 10.9 Å². The second-order valence-electron chi connectivity index (χ2n) is 6.39. The van der Waals surface area contributed by atoms with Gasteiger partial charge in [-0.1, -0.05) is 18.2 Å². The molecule has 0 radical (unpaired) electrons. The number of nitrogens with zero attached hydrogens (tertiary/aromatic N) is 3. The SMILES string of the molecule is Nc1cccc(C#[N+]c2ccc(C3=NNC(c4cccc(N)c4)=NN3)cc2N)c1. The average Bonchev–Trinajstić information content (AvgIpc) is 2.73. The number of amidine groups is 2. The third kappa shape index (κ3) is 4.09. The van der Waals surface area contributed by atoms with E-state index < -0.39 is 0 Å². The van der Waals surface area contributed by atoms with Crippen LogP contribution in [0.3, 0.4) is 0 Å². The first-order chi connectivity index (χ1) is 14.1. The van der Waals surface area contributed by atoms with E-state index in [9.17, 15) is 0 Å². The van der Waals surface area contributed by atoms with Crippen molar-refractivity contribution >= 4 is 34.4 Å². The molecule has 3 aromatic rings. The minimum atomic E-state index is 0.494. The van der Waals surface area contributed by atoms with E-state index in [0.29, 0.717) is 34.4 Å². The Kier molecular flexibility index (Phi) is 4.70. The molecule has 8 heteroatoms. The molecule has 8 N–H and O–H groups in total. The molecule has 1 heterocycles. The standard InChI is InChI=1S/C21H19N8/c22-16-5-1-3-13(9-16)12-25-19-8-7-15(11-18(19)24)21-28-26-20(27-29-21)14-4-2-6-17(23)10-14/h1-11H,22-24H2,(H,26,27)(H,28,29)/q+1. The Morgan fingerprint density at radius 1 is 0.724 bits per heavy atom. The van der Waals surface area contributed by atoms with Crippen LogP contribution in [0.25, 0.3) is 4.85 Å². The van der Waals surface area contributed by atoms with E-state index in [0.717, 1.165) is 16.7 Å². The lowest BCUT2D eigenvalue weighted by Crippen LogP contribution is -2.34. The Labute approximate surface area is 167 Å². The molecule has 0 saturated heterocycles. The van der Waals surface area contributed by atoms with E-state index >= 15 is 0 Å². The van der Waals surface area contributed by atoms with Crippen LogP contribution in [0.2, 0.25) is 0 Å². The molecule has 0 aliphatic carbocycles. The molecule has 0 spiro atoms. The first kappa shape index (κ1) is 17.9. The van der Waals surface area contributed by atoms with Crippen LogP contribution in [0, 0.1) is 6.07 Å². The molecule has 0 aromatic heterocycles. The van der Waals surface area contributed by atoms with Crippen LogP contribution >= 0.6 is 0 Å². The van der Waals surface area contributed by atoms with Gasteiger partial charge in [-0.3, -0.25) is 10.9 Å². The summed E-state index contributed by atoms with van der Waals surface area (Å²) in [6, 6.07) is 23.1. The Bertz CT molecular complexity index is 1200. The molecule has 29 heavy (non-hydrogen) atoms. The van der Waals surface area contributed by atoms with Gasteiger partial charge in [0, 0.05) is 28.6 Å². The summed E-state index contributed by atoms with van der Waals surface area (Å²) >= 11 is 0. The zero-order chi connectivity index (χ0) is 20.2. The van der Waals surface area contributed by atoms with Crippen LogP contribution in [0.1, 0.15) is 16.7 Å². The fourth-order valence-corrected chi connectivity index (χ4v) is 2.75. The van der Waals surface area contributed by atoms with Crippen molar-refractivity contribution in [3.05, 3.63) is 88.3 Å². The lowest BCUT2D eigenvalue weighted by Gasteiger charge is -2.15. The Morgan fingerprint density at radius 2 is 1.38 bits per heavy atom. The lowest BCUT2D eigenvalue weighted by atomic mass is 10.1. The quantitative estimate of drug-likeness (QED) is 0.434. The molecule has 1 aliphatic heterocycles. The minimum absolute atomic E-state index is 0.494. The molecule has 0 fully saturated rings. The number of nitrogen functional groups attached to an aromatic ring is 3. The predicted octanol–water partition coefficient (Wildman–Crippen LogP) is 2.66. The van der Waals surface area contributed by atoms with Gasteiger partial charge in [0.2, 0.25) is 0 Å². The average molecular weight is 383 g/mol. The fourth-order valence-electron chi connectivity index (χ4n) is 2.75. The Balaban J connectivity index is 1.50. The molecule has 1 aliphatic rings. The third-order valence-electron chi connectivity index (χ3n) is 4.20. The molecule has 0 saturated carbocycles. The van der Waals surface area contributed by atoms with Crippen LogP contribution in [0.5, 0.6) is 0 Å². The number of hydrogen-bond acceptors (Lipinski definition) is 7. The molecule has 0 atom stereocenters. The van der Waals surface area contributed by atoms with Crippen molar-refractivity contribution in [2.75, 3.05) is 17.2 Å². The largest absolute Gasteiger partial charge is 0.399 e. The van der Waals surface area contributed by atoms with Gasteiger partial charge in [0.25, 0.3) is 0 Å². The van der Waals surface area contributed by atoms with Crippen molar-refractivity contribution in [2.45, 2.75) is 0 Å². The predicted molar refractivity (Wildman–Crippen MR) is 118 cm³/mol. The van der Waals surface area contributed by atoms with Gasteiger partial charge in [0.15, 0.2) is 11.7 Å². The number of nitrogens with two attached hydrogens (primary N) is 3. The van der Waals surface area contributed by atoms with Crippen molar-refractivity contribution in [3.8, 4) is 6.07 Å². The van der Waals surface area contributed by atoms with E-state index in [-0.39, 0.29) is 0 Å². The fraction of sp³-hybridized carbons (Fsp3) is 0. The topological polar surface area (TPSA) is 131 Å². The monoisotopic (exact) mass is 383 g/mol. The molecular weight excluding hydrogens is 364 g/mol. The smallest absolute Gasteiger partial charge is 0.363 e. The van der Waals surface area contributed by atoms with Gasteiger partial charge in [-0.25, -0.2) is 0 Å². The number of hydrogen-bond donors (Lipinski definition) is 5. The summed E-state index contributed by atoms with van der Waals surface area (Å²) in [6.07, 6.45) is 0. The van der Waals surface area contributed by atoms with Crippen LogP contribution in [-0.4, -0.2) is 11.7 Å². The summed E-state index contributed by atoms with van der Waals surface area (Å²) in [7, 11) is 0. The van der Waals surface area contributed by atoms with Gasteiger partial charge in [-0.2, -0.15) is 10.2 Å². The number of anilines is 3. The highest BCUT2D eigenvalue weighted by atomic mass is 15.5. The summed E-state index contributed by atoms with van der Waals surface area (Å²) in [5, 5.41) is 8.65. The van der Waals surface area contributed by atoms with Gasteiger partial charge in [0.1, 0.15) is 11.3 Å². The van der Waals surface area contributed by atoms with E-state index in [4.69, 9.17) is 17.2 Å². The van der Waals surface area contributed by atoms with Crippen LogP contribution in [0.4, 0.5) is 22.7 Å². The number of rotatable bonds is 2. The molecule has 4 rings (SSSR count). The first-order valence-corrected chi connectivity index (χ1v) is 8.84. The second kappa shape index (κ2) is 7.62. The third-order valence-corrected chi connectivity index (χ3v) is 4.20. The van der Waals surface area contributed by atoms with Crippen LogP contribution < -0.4 is 28.1 Å². The zero-order valence-electron chi connectivity index (χ0n) is 15.4. The van der Waals surface area contributed by atoms with Crippen molar-refractivity contribution in [3.63, 3.8) is 0 Å². The number of nitrogens with one attached hydrogen (secondary N) is 2. The second-order valence-corrected chi connectivity index (χ2v) is 6.39. The first-order valence-electron chi connectivity index (χ1n) is 8.84. The van der Waals surface area contributed by atoms with Gasteiger partial charge in [-0.15, -0.1) is 0 Å². The maximum atomic E-state index is 6.15. The summed E-state index contributed by atoms with van der Waals surface area (Å²) in [6.45, 7) is 0. The normalized spacial score (nSPS) is 12.6. The zero-order valence-corrected chi connectivity index (χ0v) is 15.4. The number of hydrazone groups is 2. The molecule has 142 valence electrons. The van der Waals surface area contributed by atoms with E-state index in [1.165, 1.54) is 0 Å². The molecule has 0 unspecified atom stereocenters. The van der Waals surface area contributed by atoms with Gasteiger partial charge in [0.05, 0.1) is 0 Å². The summed E-state index contributed by atoms with van der Waals surface area (Å²) in [5.74, 6) is 1.12. The van der Waals surface area contributed by atoms with Crippen molar-refractivity contribution in [2.24, 2.45) is 10.2 Å². The van der Waals surface area contributed by atoms with E-state index in [2.05, 4.69) is 32.0 Å². The molecule has 0 bridgehead atoms. The highest BCUT2D eigenvalue weighted by Crippen LogP contribution is 2.24. The van der Waals surface area contributed by atoms with E-state index in [1.54, 1.807) is 24.3 Å². The van der Waals surface area contributed by atoms with Crippen molar-refractivity contribution in [1.29, 1.82) is 0 Å². The molecule has 3 aromatic carbocycles. The summed E-state index contributed by atoms with van der Waals surface area (Å²) in [5.41, 5.74) is 28.4.